The summed E-state index contributed by atoms with van der Waals surface area (Å²) in [5, 5.41) is 12.7. The second-order valence-corrected chi connectivity index (χ2v) is 6.10. The fraction of sp³-hybridized carbons (Fsp3) is 0.529. The van der Waals surface area contributed by atoms with Crippen molar-refractivity contribution in [3.63, 3.8) is 0 Å². The Morgan fingerprint density at radius 2 is 2.13 bits per heavy atom. The largest absolute Gasteiger partial charge is 0.416 e. The van der Waals surface area contributed by atoms with Gasteiger partial charge in [0.05, 0.1) is 30.4 Å². The molecule has 0 aliphatic carbocycles. The molecule has 3 nitrogen and oxygen atoms in total. The summed E-state index contributed by atoms with van der Waals surface area (Å²) in [5.41, 5.74) is 0.528. The normalized spacial score (nSPS) is 30.7. The van der Waals surface area contributed by atoms with Gasteiger partial charge in [0.2, 0.25) is 0 Å². The molecule has 0 aromatic heterocycles. The van der Waals surface area contributed by atoms with Crippen LogP contribution in [0.15, 0.2) is 30.4 Å². The zero-order valence-electron chi connectivity index (χ0n) is 12.8. The van der Waals surface area contributed by atoms with Crippen LogP contribution in [0.2, 0.25) is 0 Å². The summed E-state index contributed by atoms with van der Waals surface area (Å²) in [6.07, 6.45) is 0.331. The molecule has 0 radical (unpaired) electrons. The van der Waals surface area contributed by atoms with Crippen LogP contribution in [-0.4, -0.2) is 23.9 Å². The van der Waals surface area contributed by atoms with Gasteiger partial charge in [-0.2, -0.15) is 13.2 Å². The molecule has 23 heavy (non-hydrogen) atoms. The van der Waals surface area contributed by atoms with Crippen molar-refractivity contribution in [2.24, 2.45) is 5.92 Å². The highest BCUT2D eigenvalue weighted by molar-refractivity contribution is 5.58. The Labute approximate surface area is 133 Å². The maximum absolute atomic E-state index is 13.0. The second-order valence-electron chi connectivity index (χ2n) is 6.10. The van der Waals surface area contributed by atoms with Gasteiger partial charge in [-0.1, -0.05) is 12.2 Å². The highest BCUT2D eigenvalue weighted by Gasteiger charge is 2.42. The van der Waals surface area contributed by atoms with E-state index in [-0.39, 0.29) is 24.7 Å². The molecule has 0 saturated carbocycles. The van der Waals surface area contributed by atoms with Crippen LogP contribution in [0.25, 0.3) is 0 Å². The van der Waals surface area contributed by atoms with Gasteiger partial charge in [0, 0.05) is 17.2 Å². The number of benzene rings is 1. The molecular weight excluding hydrogens is 307 g/mol. The maximum atomic E-state index is 13.0. The Hall–Kier alpha value is -1.53. The van der Waals surface area contributed by atoms with Crippen molar-refractivity contribution in [1.29, 1.82) is 0 Å². The van der Waals surface area contributed by atoms with Gasteiger partial charge < -0.3 is 15.2 Å². The van der Waals surface area contributed by atoms with Gasteiger partial charge in [-0.3, -0.25) is 0 Å². The van der Waals surface area contributed by atoms with Crippen LogP contribution >= 0.6 is 0 Å². The molecule has 1 fully saturated rings. The Morgan fingerprint density at radius 3 is 2.78 bits per heavy atom. The monoisotopic (exact) mass is 327 g/mol. The van der Waals surface area contributed by atoms with Crippen LogP contribution in [0.5, 0.6) is 0 Å². The lowest BCUT2D eigenvalue weighted by atomic mass is 9.78. The van der Waals surface area contributed by atoms with E-state index in [1.807, 2.05) is 19.1 Å². The number of halogens is 3. The van der Waals surface area contributed by atoms with E-state index in [4.69, 9.17) is 4.74 Å². The molecule has 1 aromatic carbocycles. The van der Waals surface area contributed by atoms with Gasteiger partial charge in [0.1, 0.15) is 0 Å². The summed E-state index contributed by atoms with van der Waals surface area (Å²) in [6.45, 7) is 1.80. The van der Waals surface area contributed by atoms with Gasteiger partial charge in [0.15, 0.2) is 0 Å². The lowest BCUT2D eigenvalue weighted by molar-refractivity contribution is -0.138. The summed E-state index contributed by atoms with van der Waals surface area (Å²) >= 11 is 0. The number of nitrogens with one attached hydrogen (secondary N) is 1. The number of rotatable bonds is 2. The number of hydrogen-bond donors (Lipinski definition) is 2. The third-order valence-electron chi connectivity index (χ3n) is 4.62. The number of ether oxygens (including phenoxy) is 1. The maximum Gasteiger partial charge on any atom is 0.416 e. The predicted molar refractivity (Wildman–Crippen MR) is 81.1 cm³/mol. The Kier molecular flexibility index (Phi) is 4.38. The molecule has 1 saturated heterocycles. The average Bonchev–Trinajstić information content (AvgIpc) is 2.53. The molecule has 0 unspecified atom stereocenters. The van der Waals surface area contributed by atoms with Gasteiger partial charge in [0.25, 0.3) is 0 Å². The first-order valence-corrected chi connectivity index (χ1v) is 7.81. The highest BCUT2D eigenvalue weighted by Crippen LogP contribution is 2.47. The molecule has 4 atom stereocenters. The Morgan fingerprint density at radius 1 is 1.35 bits per heavy atom. The van der Waals surface area contributed by atoms with Crippen LogP contribution in [0, 0.1) is 5.92 Å². The van der Waals surface area contributed by atoms with E-state index in [9.17, 15) is 18.3 Å². The number of anilines is 1. The second kappa shape index (κ2) is 6.17. The first-order valence-electron chi connectivity index (χ1n) is 7.81. The third kappa shape index (κ3) is 3.10. The van der Waals surface area contributed by atoms with E-state index in [1.165, 1.54) is 12.1 Å². The molecule has 0 amide bonds. The zero-order chi connectivity index (χ0) is 16.6. The number of fused-ring (bicyclic) bond motifs is 3. The summed E-state index contributed by atoms with van der Waals surface area (Å²) in [5.74, 6) is 0.0602. The minimum atomic E-state index is -4.38. The fourth-order valence-corrected chi connectivity index (χ4v) is 3.50. The smallest absolute Gasteiger partial charge is 0.394 e. The molecular formula is C17H20F3NO2. The van der Waals surface area contributed by atoms with Crippen molar-refractivity contribution in [2.45, 2.75) is 44.2 Å². The molecule has 2 heterocycles. The fourth-order valence-electron chi connectivity index (χ4n) is 3.50. The van der Waals surface area contributed by atoms with E-state index in [0.29, 0.717) is 17.7 Å². The number of aliphatic hydroxyl groups excluding tert-OH is 1. The summed E-state index contributed by atoms with van der Waals surface area (Å²) in [7, 11) is 0. The number of alkyl halides is 3. The van der Waals surface area contributed by atoms with Crippen molar-refractivity contribution in [2.75, 3.05) is 11.9 Å². The van der Waals surface area contributed by atoms with Crippen LogP contribution in [0.4, 0.5) is 18.9 Å². The minimum absolute atomic E-state index is 0.0221. The van der Waals surface area contributed by atoms with E-state index < -0.39 is 17.8 Å². The average molecular weight is 327 g/mol. The quantitative estimate of drug-likeness (QED) is 0.810. The molecule has 6 heteroatoms. The summed E-state index contributed by atoms with van der Waals surface area (Å²) < 4.78 is 44.9. The SMILES string of the molecule is CC=C[C@@H]1Nc2ccc(C(F)(F)F)cc2[C@H]2O[C@@H](CO)CC[C@@H]12. The van der Waals surface area contributed by atoms with Gasteiger partial charge in [-0.15, -0.1) is 0 Å². The van der Waals surface area contributed by atoms with E-state index in [0.717, 1.165) is 12.5 Å². The predicted octanol–water partition coefficient (Wildman–Crippen LogP) is 3.90. The molecule has 2 aliphatic rings. The van der Waals surface area contributed by atoms with Crippen LogP contribution in [0.1, 0.15) is 37.0 Å². The van der Waals surface area contributed by atoms with Gasteiger partial charge in [-0.05, 0) is 38.0 Å². The lowest BCUT2D eigenvalue weighted by Gasteiger charge is -2.44. The topological polar surface area (TPSA) is 41.5 Å². The first-order chi connectivity index (χ1) is 10.9. The van der Waals surface area contributed by atoms with Crippen LogP contribution in [-0.2, 0) is 10.9 Å². The zero-order valence-corrected chi connectivity index (χ0v) is 12.8. The van der Waals surface area contributed by atoms with Crippen molar-refractivity contribution >= 4 is 5.69 Å². The van der Waals surface area contributed by atoms with Gasteiger partial charge in [-0.25, -0.2) is 0 Å². The van der Waals surface area contributed by atoms with Crippen molar-refractivity contribution in [1.82, 2.24) is 0 Å². The van der Waals surface area contributed by atoms with Gasteiger partial charge >= 0.3 is 6.18 Å². The molecule has 0 bridgehead atoms. The van der Waals surface area contributed by atoms with Crippen molar-refractivity contribution < 1.29 is 23.0 Å². The summed E-state index contributed by atoms with van der Waals surface area (Å²) in [4.78, 5) is 0. The third-order valence-corrected chi connectivity index (χ3v) is 4.62. The van der Waals surface area contributed by atoms with Crippen molar-refractivity contribution in [3.8, 4) is 0 Å². The molecule has 3 rings (SSSR count). The van der Waals surface area contributed by atoms with Crippen LogP contribution < -0.4 is 5.32 Å². The molecule has 1 aromatic rings. The molecule has 2 N–H and O–H groups in total. The Bertz CT molecular complexity index is 600. The number of aliphatic hydroxyl groups is 1. The summed E-state index contributed by atoms with van der Waals surface area (Å²) in [6, 6.07) is 3.75. The highest BCUT2D eigenvalue weighted by atomic mass is 19.4. The Balaban J connectivity index is 2.02. The van der Waals surface area contributed by atoms with Crippen LogP contribution in [0.3, 0.4) is 0 Å². The van der Waals surface area contributed by atoms with E-state index in [2.05, 4.69) is 5.32 Å². The van der Waals surface area contributed by atoms with E-state index in [1.54, 1.807) is 0 Å². The molecule has 0 spiro atoms. The van der Waals surface area contributed by atoms with Crippen molar-refractivity contribution in [3.05, 3.63) is 41.5 Å². The molecule has 126 valence electrons. The number of hydrogen-bond acceptors (Lipinski definition) is 3. The minimum Gasteiger partial charge on any atom is -0.394 e. The number of allylic oxidation sites excluding steroid dienone is 1. The molecule has 2 aliphatic heterocycles. The lowest BCUT2D eigenvalue weighted by Crippen LogP contribution is -2.43. The first kappa shape index (κ1) is 16.3. The van der Waals surface area contributed by atoms with E-state index >= 15 is 0 Å². The standard InChI is InChI=1S/C17H20F3NO2/c1-2-3-14-12-6-5-11(9-22)23-16(12)13-8-10(17(18,19)20)4-7-15(13)21-14/h2-4,7-8,11-12,14,16,21-22H,5-6,9H2,1H3/t11-,12+,14+,16+/m1/s1.